The van der Waals surface area contributed by atoms with Crippen molar-refractivity contribution in [1.82, 2.24) is 9.97 Å². The molecule has 1 heterocycles. The summed E-state index contributed by atoms with van der Waals surface area (Å²) in [6.45, 7) is 6.23. The molecule has 0 aliphatic heterocycles. The zero-order chi connectivity index (χ0) is 13.3. The van der Waals surface area contributed by atoms with Crippen LogP contribution in [0.25, 0.3) is 11.4 Å². The zero-order valence-electron chi connectivity index (χ0n) is 10.8. The van der Waals surface area contributed by atoms with Gasteiger partial charge in [0.05, 0.1) is 10.2 Å². The Morgan fingerprint density at radius 3 is 2.50 bits per heavy atom. The summed E-state index contributed by atoms with van der Waals surface area (Å²) in [6.07, 6.45) is 0.825. The third-order valence-electron chi connectivity index (χ3n) is 3.05. The van der Waals surface area contributed by atoms with Gasteiger partial charge in [-0.3, -0.25) is 0 Å². The largest absolute Gasteiger partial charge is 0.383 e. The molecule has 1 aromatic carbocycles. The maximum atomic E-state index is 5.90. The molecule has 2 rings (SSSR count). The van der Waals surface area contributed by atoms with E-state index >= 15 is 0 Å². The van der Waals surface area contributed by atoms with Crippen LogP contribution < -0.4 is 5.73 Å². The van der Waals surface area contributed by atoms with Crippen molar-refractivity contribution in [2.24, 2.45) is 0 Å². The van der Waals surface area contributed by atoms with Crippen molar-refractivity contribution in [3.8, 4) is 11.4 Å². The fraction of sp³-hybridized carbons (Fsp3) is 0.286. The normalized spacial score (nSPS) is 10.7. The molecule has 4 heteroatoms. The van der Waals surface area contributed by atoms with E-state index in [0.29, 0.717) is 11.6 Å². The SMILES string of the molecule is CCc1nc(-c2ccc(C)c(C)c2)nc(N)c1Br. The second-order valence-corrected chi connectivity index (χ2v) is 5.14. The number of aromatic nitrogens is 2. The highest BCUT2D eigenvalue weighted by Gasteiger charge is 2.10. The number of nitrogens with zero attached hydrogens (tertiary/aromatic N) is 2. The van der Waals surface area contributed by atoms with Gasteiger partial charge < -0.3 is 5.73 Å². The predicted molar refractivity (Wildman–Crippen MR) is 78.4 cm³/mol. The highest BCUT2D eigenvalue weighted by Crippen LogP contribution is 2.26. The molecule has 3 nitrogen and oxygen atoms in total. The van der Waals surface area contributed by atoms with Gasteiger partial charge in [0, 0.05) is 5.56 Å². The van der Waals surface area contributed by atoms with E-state index in [1.807, 2.05) is 6.07 Å². The Morgan fingerprint density at radius 2 is 1.89 bits per heavy atom. The minimum atomic E-state index is 0.495. The van der Waals surface area contributed by atoms with Gasteiger partial charge in [-0.2, -0.15) is 0 Å². The minimum Gasteiger partial charge on any atom is -0.383 e. The number of aryl methyl sites for hydroxylation is 3. The quantitative estimate of drug-likeness (QED) is 0.921. The summed E-state index contributed by atoms with van der Waals surface area (Å²) in [4.78, 5) is 8.90. The monoisotopic (exact) mass is 305 g/mol. The molecule has 0 atom stereocenters. The minimum absolute atomic E-state index is 0.495. The van der Waals surface area contributed by atoms with E-state index in [4.69, 9.17) is 5.73 Å². The summed E-state index contributed by atoms with van der Waals surface area (Å²) in [6, 6.07) is 6.21. The second-order valence-electron chi connectivity index (χ2n) is 4.35. The van der Waals surface area contributed by atoms with Gasteiger partial charge in [0.25, 0.3) is 0 Å². The molecule has 2 aromatic rings. The first-order valence-corrected chi connectivity index (χ1v) is 6.71. The smallest absolute Gasteiger partial charge is 0.161 e. The average Bonchev–Trinajstić information content (AvgIpc) is 2.36. The van der Waals surface area contributed by atoms with Crippen molar-refractivity contribution in [3.63, 3.8) is 0 Å². The molecule has 18 heavy (non-hydrogen) atoms. The number of benzene rings is 1. The summed E-state index contributed by atoms with van der Waals surface area (Å²) in [5.74, 6) is 1.19. The van der Waals surface area contributed by atoms with Crippen molar-refractivity contribution in [1.29, 1.82) is 0 Å². The van der Waals surface area contributed by atoms with Gasteiger partial charge in [-0.05, 0) is 53.4 Å². The van der Waals surface area contributed by atoms with E-state index in [1.165, 1.54) is 11.1 Å². The highest BCUT2D eigenvalue weighted by atomic mass is 79.9. The van der Waals surface area contributed by atoms with E-state index in [2.05, 4.69) is 58.8 Å². The molecule has 0 amide bonds. The van der Waals surface area contributed by atoms with E-state index in [-0.39, 0.29) is 0 Å². The fourth-order valence-corrected chi connectivity index (χ4v) is 2.21. The lowest BCUT2D eigenvalue weighted by Crippen LogP contribution is -2.02. The third-order valence-corrected chi connectivity index (χ3v) is 3.91. The number of nitrogens with two attached hydrogens (primary N) is 1. The summed E-state index contributed by atoms with van der Waals surface area (Å²) in [5, 5.41) is 0. The van der Waals surface area contributed by atoms with Gasteiger partial charge in [-0.1, -0.05) is 19.1 Å². The molecule has 0 aliphatic rings. The van der Waals surface area contributed by atoms with Gasteiger partial charge in [0.15, 0.2) is 5.82 Å². The lowest BCUT2D eigenvalue weighted by atomic mass is 10.1. The Morgan fingerprint density at radius 1 is 1.17 bits per heavy atom. The summed E-state index contributed by atoms with van der Waals surface area (Å²) < 4.78 is 0.803. The average molecular weight is 306 g/mol. The van der Waals surface area contributed by atoms with E-state index in [1.54, 1.807) is 0 Å². The number of rotatable bonds is 2. The zero-order valence-corrected chi connectivity index (χ0v) is 12.4. The molecule has 94 valence electrons. The Bertz CT molecular complexity index is 594. The molecular weight excluding hydrogens is 290 g/mol. The fourth-order valence-electron chi connectivity index (χ4n) is 1.76. The van der Waals surface area contributed by atoms with E-state index in [0.717, 1.165) is 22.2 Å². The van der Waals surface area contributed by atoms with Crippen molar-refractivity contribution in [2.75, 3.05) is 5.73 Å². The Labute approximate surface area is 116 Å². The first-order valence-electron chi connectivity index (χ1n) is 5.92. The maximum absolute atomic E-state index is 5.90. The lowest BCUT2D eigenvalue weighted by Gasteiger charge is -2.09. The van der Waals surface area contributed by atoms with Crippen LogP contribution in [0.5, 0.6) is 0 Å². The van der Waals surface area contributed by atoms with E-state index < -0.39 is 0 Å². The molecule has 0 saturated carbocycles. The Hall–Kier alpha value is -1.42. The number of hydrogen-bond donors (Lipinski definition) is 1. The first-order chi connectivity index (χ1) is 8.52. The van der Waals surface area contributed by atoms with Crippen LogP contribution in [0.4, 0.5) is 5.82 Å². The van der Waals surface area contributed by atoms with Gasteiger partial charge in [-0.25, -0.2) is 9.97 Å². The summed E-state index contributed by atoms with van der Waals surface area (Å²) in [5.41, 5.74) is 10.3. The molecule has 1 aromatic heterocycles. The molecule has 0 saturated heterocycles. The number of hydrogen-bond acceptors (Lipinski definition) is 3. The van der Waals surface area contributed by atoms with Gasteiger partial charge in [-0.15, -0.1) is 0 Å². The molecule has 0 radical (unpaired) electrons. The van der Waals surface area contributed by atoms with Crippen LogP contribution in [0.15, 0.2) is 22.7 Å². The second kappa shape index (κ2) is 5.06. The topological polar surface area (TPSA) is 51.8 Å². The maximum Gasteiger partial charge on any atom is 0.161 e. The Balaban J connectivity index is 2.57. The van der Waals surface area contributed by atoms with Crippen LogP contribution in [0.1, 0.15) is 23.7 Å². The van der Waals surface area contributed by atoms with Crippen molar-refractivity contribution >= 4 is 21.7 Å². The Kier molecular flexibility index (Phi) is 3.66. The molecule has 0 aliphatic carbocycles. The predicted octanol–water partition coefficient (Wildman–Crippen LogP) is 3.67. The van der Waals surface area contributed by atoms with Crippen LogP contribution in [-0.4, -0.2) is 9.97 Å². The number of nitrogen functional groups attached to an aromatic ring is 1. The molecular formula is C14H16BrN3. The summed E-state index contributed by atoms with van der Waals surface area (Å²) in [7, 11) is 0. The van der Waals surface area contributed by atoms with Gasteiger partial charge in [0.2, 0.25) is 0 Å². The molecule has 0 spiro atoms. The molecule has 0 fully saturated rings. The van der Waals surface area contributed by atoms with Crippen LogP contribution in [0.2, 0.25) is 0 Å². The van der Waals surface area contributed by atoms with Crippen LogP contribution in [0.3, 0.4) is 0 Å². The number of halogens is 1. The first kappa shape index (κ1) is 13.0. The van der Waals surface area contributed by atoms with Crippen LogP contribution >= 0.6 is 15.9 Å². The standard InChI is InChI=1S/C14H16BrN3/c1-4-11-12(15)13(16)18-14(17-11)10-6-5-8(2)9(3)7-10/h5-7H,4H2,1-3H3,(H2,16,17,18). The van der Waals surface area contributed by atoms with E-state index in [9.17, 15) is 0 Å². The van der Waals surface area contributed by atoms with Crippen molar-refractivity contribution < 1.29 is 0 Å². The highest BCUT2D eigenvalue weighted by molar-refractivity contribution is 9.10. The summed E-state index contributed by atoms with van der Waals surface area (Å²) >= 11 is 3.42. The van der Waals surface area contributed by atoms with Crippen LogP contribution in [0, 0.1) is 13.8 Å². The number of anilines is 1. The van der Waals surface area contributed by atoms with Gasteiger partial charge >= 0.3 is 0 Å². The lowest BCUT2D eigenvalue weighted by molar-refractivity contribution is 0.995. The molecule has 2 N–H and O–H groups in total. The third kappa shape index (κ3) is 2.38. The molecule has 0 bridgehead atoms. The van der Waals surface area contributed by atoms with Crippen molar-refractivity contribution in [3.05, 3.63) is 39.5 Å². The molecule has 0 unspecified atom stereocenters. The van der Waals surface area contributed by atoms with Crippen molar-refractivity contribution in [2.45, 2.75) is 27.2 Å². The van der Waals surface area contributed by atoms with Crippen LogP contribution in [-0.2, 0) is 6.42 Å². The van der Waals surface area contributed by atoms with Gasteiger partial charge in [0.1, 0.15) is 5.82 Å².